The van der Waals surface area contributed by atoms with Crippen molar-refractivity contribution in [3.05, 3.63) is 22.7 Å². The number of benzene rings is 1. The van der Waals surface area contributed by atoms with Crippen molar-refractivity contribution in [1.29, 1.82) is 0 Å². The van der Waals surface area contributed by atoms with Crippen molar-refractivity contribution in [3.8, 4) is 0 Å². The number of nitrogens with zero attached hydrogens (tertiary/aromatic N) is 1. The first-order valence-electron chi connectivity index (χ1n) is 3.50. The van der Waals surface area contributed by atoms with Crippen molar-refractivity contribution in [3.63, 3.8) is 0 Å². The fraction of sp³-hybridized carbons (Fsp3) is 0.125. The minimum atomic E-state index is 0.728. The molecule has 2 nitrogen and oxygen atoms in total. The normalized spacial score (nSPS) is 11.1. The van der Waals surface area contributed by atoms with Crippen molar-refractivity contribution in [1.82, 2.24) is 4.98 Å². The van der Waals surface area contributed by atoms with Crippen LogP contribution in [0.3, 0.4) is 0 Å². The molecule has 5 heteroatoms. The Morgan fingerprint density at radius 3 is 2.62 bits per heavy atom. The van der Waals surface area contributed by atoms with Gasteiger partial charge in [-0.3, -0.25) is 0 Å². The Balaban J connectivity index is 2.92. The first-order chi connectivity index (χ1) is 6.09. The van der Waals surface area contributed by atoms with Crippen LogP contribution in [0.4, 0.5) is 0 Å². The van der Waals surface area contributed by atoms with Gasteiger partial charge in [-0.05, 0) is 73.8 Å². The van der Waals surface area contributed by atoms with Gasteiger partial charge in [-0.2, -0.15) is 0 Å². The molecule has 0 saturated carbocycles. The van der Waals surface area contributed by atoms with Gasteiger partial charge in [0.2, 0.25) is 0 Å². The first-order valence-corrected chi connectivity index (χ1v) is 6.74. The third-order valence-electron chi connectivity index (χ3n) is 1.63. The molecule has 0 aliphatic rings. The van der Waals surface area contributed by atoms with Gasteiger partial charge in [0.25, 0.3) is 0 Å². The van der Waals surface area contributed by atoms with Gasteiger partial charge < -0.3 is 4.42 Å². The number of aromatic nitrogens is 1. The molecular formula is C8H4I3NO. The Bertz CT molecular complexity index is 478. The zero-order chi connectivity index (χ0) is 9.59. The summed E-state index contributed by atoms with van der Waals surface area (Å²) in [5.41, 5.74) is 1.86. The van der Waals surface area contributed by atoms with E-state index in [0.717, 1.165) is 20.6 Å². The standard InChI is InChI=1S/C8H4I3NO/c1-3-12-5-2-4(9)6(10)7(11)8(5)13-3/h2H,1H3. The minimum Gasteiger partial charge on any atom is -0.440 e. The highest BCUT2D eigenvalue weighted by Crippen LogP contribution is 2.29. The largest absolute Gasteiger partial charge is 0.440 e. The van der Waals surface area contributed by atoms with Crippen LogP contribution < -0.4 is 0 Å². The Kier molecular flexibility index (Phi) is 3.04. The lowest BCUT2D eigenvalue weighted by Crippen LogP contribution is -1.85. The van der Waals surface area contributed by atoms with E-state index in [1.54, 1.807) is 0 Å². The molecule has 0 spiro atoms. The predicted octanol–water partition coefficient (Wildman–Crippen LogP) is 3.95. The lowest BCUT2D eigenvalue weighted by molar-refractivity contribution is 0.559. The van der Waals surface area contributed by atoms with E-state index in [-0.39, 0.29) is 0 Å². The third kappa shape index (κ3) is 1.83. The predicted molar refractivity (Wildman–Crippen MR) is 76.9 cm³/mol. The van der Waals surface area contributed by atoms with E-state index in [9.17, 15) is 0 Å². The summed E-state index contributed by atoms with van der Waals surface area (Å²) in [5, 5.41) is 0. The van der Waals surface area contributed by atoms with Crippen LogP contribution >= 0.6 is 67.8 Å². The Morgan fingerprint density at radius 1 is 1.23 bits per heavy atom. The molecule has 2 aromatic rings. The fourth-order valence-electron chi connectivity index (χ4n) is 1.09. The van der Waals surface area contributed by atoms with Crippen LogP contribution in [0.15, 0.2) is 10.5 Å². The smallest absolute Gasteiger partial charge is 0.192 e. The topological polar surface area (TPSA) is 26.0 Å². The summed E-state index contributed by atoms with van der Waals surface area (Å²) in [6.07, 6.45) is 0. The van der Waals surface area contributed by atoms with Crippen molar-refractivity contribution in [2.24, 2.45) is 0 Å². The maximum absolute atomic E-state index is 5.51. The molecule has 0 amide bonds. The summed E-state index contributed by atoms with van der Waals surface area (Å²) in [6.45, 7) is 1.87. The molecule has 0 unspecified atom stereocenters. The Morgan fingerprint density at radius 2 is 1.92 bits per heavy atom. The second kappa shape index (κ2) is 3.80. The van der Waals surface area contributed by atoms with Gasteiger partial charge in [0, 0.05) is 14.1 Å². The van der Waals surface area contributed by atoms with E-state index in [1.165, 1.54) is 7.14 Å². The number of fused-ring (bicyclic) bond motifs is 1. The monoisotopic (exact) mass is 511 g/mol. The fourth-order valence-corrected chi connectivity index (χ4v) is 3.24. The zero-order valence-corrected chi connectivity index (χ0v) is 13.0. The number of hydrogen-bond donors (Lipinski definition) is 0. The highest BCUT2D eigenvalue weighted by Gasteiger charge is 2.12. The van der Waals surface area contributed by atoms with E-state index in [4.69, 9.17) is 4.42 Å². The molecule has 0 fully saturated rings. The SMILES string of the molecule is Cc1nc2cc(I)c(I)c(I)c2o1. The molecule has 13 heavy (non-hydrogen) atoms. The molecule has 1 heterocycles. The van der Waals surface area contributed by atoms with Crippen LogP contribution in [-0.2, 0) is 0 Å². The van der Waals surface area contributed by atoms with Crippen molar-refractivity contribution >= 4 is 78.9 Å². The summed E-state index contributed by atoms with van der Waals surface area (Å²) >= 11 is 6.93. The zero-order valence-electron chi connectivity index (χ0n) is 6.57. The van der Waals surface area contributed by atoms with Gasteiger partial charge >= 0.3 is 0 Å². The number of halogens is 3. The van der Waals surface area contributed by atoms with Crippen LogP contribution in [0.2, 0.25) is 0 Å². The lowest BCUT2D eigenvalue weighted by atomic mass is 10.3. The molecular weight excluding hydrogens is 507 g/mol. The molecule has 0 saturated heterocycles. The van der Waals surface area contributed by atoms with Crippen LogP contribution in [0.25, 0.3) is 11.1 Å². The van der Waals surface area contributed by atoms with Crippen molar-refractivity contribution in [2.45, 2.75) is 6.92 Å². The summed E-state index contributed by atoms with van der Waals surface area (Å²) in [7, 11) is 0. The van der Waals surface area contributed by atoms with E-state index < -0.39 is 0 Å². The number of oxazole rings is 1. The van der Waals surface area contributed by atoms with Gasteiger partial charge in [-0.1, -0.05) is 0 Å². The van der Waals surface area contributed by atoms with E-state index in [2.05, 4.69) is 78.8 Å². The summed E-state index contributed by atoms with van der Waals surface area (Å²) in [6, 6.07) is 2.05. The number of rotatable bonds is 0. The molecule has 0 aliphatic heterocycles. The molecule has 2 rings (SSSR count). The van der Waals surface area contributed by atoms with E-state index in [1.807, 2.05) is 6.92 Å². The Hall–Kier alpha value is 0.880. The van der Waals surface area contributed by atoms with Gasteiger partial charge in [0.15, 0.2) is 11.5 Å². The second-order valence-corrected chi connectivity index (χ2v) is 5.89. The second-order valence-electron chi connectivity index (χ2n) is 2.57. The summed E-state index contributed by atoms with van der Waals surface area (Å²) in [5.74, 6) is 0.728. The molecule has 0 aliphatic carbocycles. The maximum Gasteiger partial charge on any atom is 0.192 e. The molecule has 0 radical (unpaired) electrons. The maximum atomic E-state index is 5.51. The molecule has 0 atom stereocenters. The summed E-state index contributed by atoms with van der Waals surface area (Å²) in [4.78, 5) is 4.30. The van der Waals surface area contributed by atoms with Crippen LogP contribution in [0.5, 0.6) is 0 Å². The minimum absolute atomic E-state index is 0.728. The first kappa shape index (κ1) is 10.4. The molecule has 0 N–H and O–H groups in total. The van der Waals surface area contributed by atoms with E-state index in [0.29, 0.717) is 0 Å². The van der Waals surface area contributed by atoms with Crippen molar-refractivity contribution < 1.29 is 4.42 Å². The van der Waals surface area contributed by atoms with Crippen LogP contribution in [0, 0.1) is 17.6 Å². The van der Waals surface area contributed by atoms with Crippen molar-refractivity contribution in [2.75, 3.05) is 0 Å². The highest BCUT2D eigenvalue weighted by molar-refractivity contribution is 14.1. The average molecular weight is 511 g/mol. The van der Waals surface area contributed by atoms with Gasteiger partial charge in [0.05, 0.1) is 3.57 Å². The van der Waals surface area contributed by atoms with Crippen LogP contribution in [-0.4, -0.2) is 4.98 Å². The Labute approximate surface area is 116 Å². The number of hydrogen-bond acceptors (Lipinski definition) is 2. The molecule has 1 aromatic heterocycles. The summed E-state index contributed by atoms with van der Waals surface area (Å²) < 4.78 is 9.12. The lowest BCUT2D eigenvalue weighted by Gasteiger charge is -1.98. The van der Waals surface area contributed by atoms with Gasteiger partial charge in [0.1, 0.15) is 5.52 Å². The quantitative estimate of drug-likeness (QED) is 0.396. The molecule has 68 valence electrons. The molecule has 0 bridgehead atoms. The van der Waals surface area contributed by atoms with Crippen LogP contribution in [0.1, 0.15) is 5.89 Å². The van der Waals surface area contributed by atoms with Gasteiger partial charge in [-0.15, -0.1) is 0 Å². The van der Waals surface area contributed by atoms with E-state index >= 15 is 0 Å². The third-order valence-corrected chi connectivity index (χ3v) is 6.69. The number of aryl methyl sites for hydroxylation is 1. The van der Waals surface area contributed by atoms with Gasteiger partial charge in [-0.25, -0.2) is 4.98 Å². The average Bonchev–Trinajstić information content (AvgIpc) is 2.42. The highest BCUT2D eigenvalue weighted by atomic mass is 127. The molecule has 1 aromatic carbocycles.